The van der Waals surface area contributed by atoms with Crippen LogP contribution in [0.3, 0.4) is 0 Å². The minimum atomic E-state index is -3.03. The van der Waals surface area contributed by atoms with Gasteiger partial charge in [-0.3, -0.25) is 4.79 Å². The average molecular weight is 391 g/mol. The number of ether oxygens (including phenoxy) is 1. The SMILES string of the molecule is Cc1cc(NC(=O)COc2ccc(C(C)C)cc2)n(C2CCS(=O)(=O)C2)n1. The second kappa shape index (κ2) is 7.72. The van der Waals surface area contributed by atoms with E-state index in [1.165, 1.54) is 5.56 Å². The first-order chi connectivity index (χ1) is 12.7. The fourth-order valence-electron chi connectivity index (χ4n) is 3.13. The summed E-state index contributed by atoms with van der Waals surface area (Å²) in [7, 11) is -3.03. The van der Waals surface area contributed by atoms with E-state index in [4.69, 9.17) is 4.74 Å². The predicted octanol–water partition coefficient (Wildman–Crippen LogP) is 2.69. The highest BCUT2D eigenvalue weighted by Crippen LogP contribution is 2.27. The molecule has 0 saturated carbocycles. The van der Waals surface area contributed by atoms with E-state index < -0.39 is 9.84 Å². The van der Waals surface area contributed by atoms with Gasteiger partial charge in [0.2, 0.25) is 0 Å². The van der Waals surface area contributed by atoms with Crippen molar-refractivity contribution in [3.63, 3.8) is 0 Å². The van der Waals surface area contributed by atoms with Gasteiger partial charge >= 0.3 is 0 Å². The lowest BCUT2D eigenvalue weighted by Gasteiger charge is -2.14. The lowest BCUT2D eigenvalue weighted by atomic mass is 10.0. The highest BCUT2D eigenvalue weighted by atomic mass is 32.2. The molecule has 1 aromatic heterocycles. The molecule has 2 aromatic rings. The van der Waals surface area contributed by atoms with Gasteiger partial charge in [-0.25, -0.2) is 13.1 Å². The van der Waals surface area contributed by atoms with E-state index in [1.54, 1.807) is 10.7 Å². The summed E-state index contributed by atoms with van der Waals surface area (Å²) in [5.41, 5.74) is 1.93. The molecule has 7 nitrogen and oxygen atoms in total. The van der Waals surface area contributed by atoms with Gasteiger partial charge in [-0.15, -0.1) is 0 Å². The van der Waals surface area contributed by atoms with Gasteiger partial charge < -0.3 is 10.1 Å². The number of amides is 1. The molecule has 1 unspecified atom stereocenters. The second-order valence-corrected chi connectivity index (χ2v) is 9.46. The molecule has 0 spiro atoms. The van der Waals surface area contributed by atoms with Crippen LogP contribution in [0.2, 0.25) is 0 Å². The summed E-state index contributed by atoms with van der Waals surface area (Å²) in [4.78, 5) is 12.3. The summed E-state index contributed by atoms with van der Waals surface area (Å²) < 4.78 is 30.6. The number of nitrogens with one attached hydrogen (secondary N) is 1. The van der Waals surface area contributed by atoms with Crippen molar-refractivity contribution < 1.29 is 17.9 Å². The number of carbonyl (C=O) groups excluding carboxylic acids is 1. The van der Waals surface area contributed by atoms with E-state index in [0.717, 1.165) is 5.69 Å². The number of sulfone groups is 1. The number of aromatic nitrogens is 2. The third-order valence-corrected chi connectivity index (χ3v) is 6.35. The number of hydrogen-bond donors (Lipinski definition) is 1. The highest BCUT2D eigenvalue weighted by molar-refractivity contribution is 7.91. The Morgan fingerprint density at radius 2 is 2.04 bits per heavy atom. The molecule has 0 bridgehead atoms. The second-order valence-electron chi connectivity index (χ2n) is 7.23. The lowest BCUT2D eigenvalue weighted by molar-refractivity contribution is -0.118. The van der Waals surface area contributed by atoms with Gasteiger partial charge in [0.05, 0.1) is 23.2 Å². The molecule has 1 atom stereocenters. The van der Waals surface area contributed by atoms with E-state index in [2.05, 4.69) is 24.3 Å². The smallest absolute Gasteiger partial charge is 0.263 e. The van der Waals surface area contributed by atoms with Crippen molar-refractivity contribution in [2.45, 2.75) is 39.2 Å². The Kier molecular flexibility index (Phi) is 5.55. The molecule has 0 radical (unpaired) electrons. The molecule has 27 heavy (non-hydrogen) atoms. The van der Waals surface area contributed by atoms with Gasteiger partial charge in [0.1, 0.15) is 11.6 Å². The van der Waals surface area contributed by atoms with Crippen molar-refractivity contribution in [2.75, 3.05) is 23.4 Å². The molecule has 3 rings (SSSR count). The van der Waals surface area contributed by atoms with Crippen LogP contribution in [0.4, 0.5) is 5.82 Å². The largest absolute Gasteiger partial charge is 0.484 e. The van der Waals surface area contributed by atoms with Gasteiger partial charge in [-0.2, -0.15) is 5.10 Å². The van der Waals surface area contributed by atoms with Crippen LogP contribution in [0, 0.1) is 6.92 Å². The predicted molar refractivity (Wildman–Crippen MR) is 104 cm³/mol. The van der Waals surface area contributed by atoms with Crippen LogP contribution in [-0.2, 0) is 14.6 Å². The van der Waals surface area contributed by atoms with Gasteiger partial charge in [-0.05, 0) is 37.0 Å². The Hall–Kier alpha value is -2.35. The third kappa shape index (κ3) is 4.88. The van der Waals surface area contributed by atoms with Gasteiger partial charge in [0.25, 0.3) is 5.91 Å². The van der Waals surface area contributed by atoms with Crippen LogP contribution in [0.15, 0.2) is 30.3 Å². The zero-order valence-corrected chi connectivity index (χ0v) is 16.6. The van der Waals surface area contributed by atoms with Gasteiger partial charge in [0.15, 0.2) is 16.4 Å². The van der Waals surface area contributed by atoms with Crippen molar-refractivity contribution >= 4 is 21.6 Å². The lowest BCUT2D eigenvalue weighted by Crippen LogP contribution is -2.23. The van der Waals surface area contributed by atoms with Crippen LogP contribution in [0.1, 0.15) is 43.5 Å². The fourth-order valence-corrected chi connectivity index (χ4v) is 4.83. The van der Waals surface area contributed by atoms with Gasteiger partial charge in [0, 0.05) is 6.07 Å². The van der Waals surface area contributed by atoms with Crippen LogP contribution >= 0.6 is 0 Å². The Morgan fingerprint density at radius 3 is 2.63 bits per heavy atom. The Morgan fingerprint density at radius 1 is 1.33 bits per heavy atom. The quantitative estimate of drug-likeness (QED) is 0.818. The van der Waals surface area contributed by atoms with Gasteiger partial charge in [-0.1, -0.05) is 26.0 Å². The maximum atomic E-state index is 12.3. The minimum Gasteiger partial charge on any atom is -0.484 e. The summed E-state index contributed by atoms with van der Waals surface area (Å²) in [6, 6.07) is 9.15. The summed E-state index contributed by atoms with van der Waals surface area (Å²) in [6.45, 7) is 5.91. The van der Waals surface area contributed by atoms with Crippen molar-refractivity contribution in [1.29, 1.82) is 0 Å². The Balaban J connectivity index is 1.61. The number of anilines is 1. The normalized spacial score (nSPS) is 18.6. The van der Waals surface area contributed by atoms with E-state index in [0.29, 0.717) is 23.9 Å². The summed E-state index contributed by atoms with van der Waals surface area (Å²) in [6.07, 6.45) is 0.505. The monoisotopic (exact) mass is 391 g/mol. The van der Waals surface area contributed by atoms with E-state index >= 15 is 0 Å². The van der Waals surface area contributed by atoms with Crippen LogP contribution in [0.5, 0.6) is 5.75 Å². The maximum absolute atomic E-state index is 12.3. The molecule has 1 amide bonds. The molecule has 146 valence electrons. The molecular weight excluding hydrogens is 366 g/mol. The fraction of sp³-hybridized carbons (Fsp3) is 0.474. The number of rotatable bonds is 6. The topological polar surface area (TPSA) is 90.3 Å². The number of hydrogen-bond acceptors (Lipinski definition) is 5. The van der Waals surface area contributed by atoms with Crippen molar-refractivity contribution in [1.82, 2.24) is 9.78 Å². The molecule has 1 aliphatic heterocycles. The molecule has 1 aliphatic rings. The van der Waals surface area contributed by atoms with Crippen LogP contribution in [-0.4, -0.2) is 42.2 Å². The van der Waals surface area contributed by atoms with Crippen molar-refractivity contribution in [3.05, 3.63) is 41.6 Å². The summed E-state index contributed by atoms with van der Waals surface area (Å²) in [5, 5.41) is 7.13. The number of benzene rings is 1. The molecular formula is C19H25N3O4S. The molecule has 1 saturated heterocycles. The van der Waals surface area contributed by atoms with Crippen LogP contribution < -0.4 is 10.1 Å². The number of carbonyl (C=O) groups is 1. The summed E-state index contributed by atoms with van der Waals surface area (Å²) in [5.74, 6) is 1.45. The molecule has 2 heterocycles. The molecule has 1 N–H and O–H groups in total. The molecule has 8 heteroatoms. The van der Waals surface area contributed by atoms with Crippen molar-refractivity contribution in [2.24, 2.45) is 0 Å². The minimum absolute atomic E-state index is 0.0513. The molecule has 1 aromatic carbocycles. The first-order valence-corrected chi connectivity index (χ1v) is 10.8. The zero-order chi connectivity index (χ0) is 19.6. The first-order valence-electron chi connectivity index (χ1n) is 9.03. The first kappa shape index (κ1) is 19.4. The van der Waals surface area contributed by atoms with E-state index in [9.17, 15) is 13.2 Å². The highest BCUT2D eigenvalue weighted by Gasteiger charge is 2.31. The standard InChI is InChI=1S/C19H25N3O4S/c1-13(2)15-4-6-17(7-5-15)26-11-19(23)20-18-10-14(3)21-22(18)16-8-9-27(24,25)12-16/h4-7,10,13,16H,8-9,11-12H2,1-3H3,(H,20,23). The third-order valence-electron chi connectivity index (χ3n) is 4.60. The van der Waals surface area contributed by atoms with E-state index in [-0.39, 0.29) is 30.1 Å². The Bertz CT molecular complexity index is 917. The molecule has 0 aliphatic carbocycles. The number of aryl methyl sites for hydroxylation is 1. The maximum Gasteiger partial charge on any atom is 0.263 e. The van der Waals surface area contributed by atoms with Crippen LogP contribution in [0.25, 0.3) is 0 Å². The Labute approximate surface area is 159 Å². The summed E-state index contributed by atoms with van der Waals surface area (Å²) >= 11 is 0. The van der Waals surface area contributed by atoms with Crippen molar-refractivity contribution in [3.8, 4) is 5.75 Å². The number of nitrogens with zero attached hydrogens (tertiary/aromatic N) is 2. The average Bonchev–Trinajstić information content (AvgIpc) is 3.15. The zero-order valence-electron chi connectivity index (χ0n) is 15.8. The van der Waals surface area contributed by atoms with E-state index in [1.807, 2.05) is 31.2 Å². The molecule has 1 fully saturated rings.